The third-order valence-corrected chi connectivity index (χ3v) is 10.0. The van der Waals surface area contributed by atoms with Gasteiger partial charge in [0.05, 0.1) is 6.61 Å². The van der Waals surface area contributed by atoms with Crippen LogP contribution in [-0.2, 0) is 13.9 Å². The Balaban J connectivity index is 2.43. The van der Waals surface area contributed by atoms with E-state index in [0.717, 1.165) is 0 Å². The molecule has 0 unspecified atom stereocenters. The minimum Gasteiger partial charge on any atom is -0.405 e. The predicted molar refractivity (Wildman–Crippen MR) is 121 cm³/mol. The summed E-state index contributed by atoms with van der Waals surface area (Å²) in [4.78, 5) is 0. The molecule has 2 aromatic carbocycles. The number of rotatable bonds is 10. The summed E-state index contributed by atoms with van der Waals surface area (Å²) in [5.74, 6) is 0. The van der Waals surface area contributed by atoms with Crippen LogP contribution < -0.4 is 10.4 Å². The second-order valence-electron chi connectivity index (χ2n) is 8.11. The molecule has 0 spiro atoms. The normalized spacial score (nSPS) is 14.8. The molecule has 0 heterocycles. The minimum atomic E-state index is -2.68. The summed E-state index contributed by atoms with van der Waals surface area (Å²) >= 11 is 0. The zero-order valence-electron chi connectivity index (χ0n) is 18.2. The molecule has 29 heavy (non-hydrogen) atoms. The molecule has 0 aliphatic heterocycles. The molecule has 4 nitrogen and oxygen atoms in total. The van der Waals surface area contributed by atoms with Gasteiger partial charge in [0, 0.05) is 7.11 Å². The predicted octanol–water partition coefficient (Wildman–Crippen LogP) is 3.49. The largest absolute Gasteiger partial charge is 0.405 e. The van der Waals surface area contributed by atoms with Gasteiger partial charge in [-0.05, 0) is 22.3 Å². The van der Waals surface area contributed by atoms with Crippen LogP contribution in [0.4, 0.5) is 0 Å². The molecule has 2 rings (SSSR count). The van der Waals surface area contributed by atoms with Crippen LogP contribution in [-0.4, -0.2) is 46.1 Å². The van der Waals surface area contributed by atoms with Crippen LogP contribution in [0.15, 0.2) is 72.8 Å². The Kier molecular flexibility index (Phi) is 8.80. The highest BCUT2D eigenvalue weighted by molar-refractivity contribution is 6.99. The number of aliphatic hydroxyl groups excluding tert-OH is 1. The van der Waals surface area contributed by atoms with Crippen molar-refractivity contribution in [2.75, 3.05) is 20.5 Å². The van der Waals surface area contributed by atoms with Gasteiger partial charge in [0.2, 0.25) is 0 Å². The van der Waals surface area contributed by atoms with Crippen molar-refractivity contribution >= 4 is 18.7 Å². The van der Waals surface area contributed by atoms with E-state index in [1.807, 2.05) is 31.2 Å². The van der Waals surface area contributed by atoms with Crippen molar-refractivity contribution in [1.82, 2.24) is 0 Å². The molecule has 2 atom stereocenters. The number of benzene rings is 2. The molecule has 0 aliphatic carbocycles. The summed E-state index contributed by atoms with van der Waals surface area (Å²) in [5, 5.41) is 13.1. The van der Waals surface area contributed by atoms with Gasteiger partial charge in [-0.15, -0.1) is 0 Å². The van der Waals surface area contributed by atoms with E-state index in [4.69, 9.17) is 13.9 Å². The van der Waals surface area contributed by atoms with Crippen molar-refractivity contribution in [3.8, 4) is 0 Å². The van der Waals surface area contributed by atoms with Crippen LogP contribution in [0.3, 0.4) is 0 Å². The van der Waals surface area contributed by atoms with Crippen LogP contribution in [0.5, 0.6) is 0 Å². The Labute approximate surface area is 176 Å². The van der Waals surface area contributed by atoms with Crippen molar-refractivity contribution < 1.29 is 19.0 Å². The van der Waals surface area contributed by atoms with E-state index in [1.54, 1.807) is 7.11 Å². The van der Waals surface area contributed by atoms with Gasteiger partial charge in [-0.3, -0.25) is 0 Å². The Bertz CT molecular complexity index is 701. The highest BCUT2D eigenvalue weighted by atomic mass is 28.4. The summed E-state index contributed by atoms with van der Waals surface area (Å²) in [7, 11) is -1.12. The average Bonchev–Trinajstić information content (AvgIpc) is 2.72. The first-order valence-electron chi connectivity index (χ1n) is 10.0. The van der Waals surface area contributed by atoms with Crippen molar-refractivity contribution in [2.45, 2.75) is 44.9 Å². The van der Waals surface area contributed by atoms with E-state index in [-0.39, 0.29) is 18.4 Å². The first-order valence-corrected chi connectivity index (χ1v) is 11.9. The van der Waals surface area contributed by atoms with E-state index < -0.39 is 20.5 Å². The summed E-state index contributed by atoms with van der Waals surface area (Å²) < 4.78 is 17.4. The maximum Gasteiger partial charge on any atom is 0.261 e. The Hall–Kier alpha value is -1.76. The molecule has 0 aromatic heterocycles. The van der Waals surface area contributed by atoms with E-state index in [0.29, 0.717) is 0 Å². The molecule has 5 heteroatoms. The van der Waals surface area contributed by atoms with E-state index >= 15 is 0 Å². The van der Waals surface area contributed by atoms with Crippen LogP contribution >= 0.6 is 0 Å². The van der Waals surface area contributed by atoms with Gasteiger partial charge in [0.15, 0.2) is 0 Å². The van der Waals surface area contributed by atoms with Crippen molar-refractivity contribution in [3.63, 3.8) is 0 Å². The smallest absolute Gasteiger partial charge is 0.261 e. The number of ether oxygens (including phenoxy) is 2. The molecular weight excluding hydrogens is 380 g/mol. The molecule has 0 amide bonds. The Morgan fingerprint density at radius 3 is 1.90 bits per heavy atom. The lowest BCUT2D eigenvalue weighted by molar-refractivity contribution is -0.101. The quantitative estimate of drug-likeness (QED) is 0.367. The van der Waals surface area contributed by atoms with Gasteiger partial charge in [-0.1, -0.05) is 93.6 Å². The van der Waals surface area contributed by atoms with Gasteiger partial charge < -0.3 is 19.0 Å². The lowest BCUT2D eigenvalue weighted by Crippen LogP contribution is -2.67. The standard InChI is InChI=1S/C24H34O4Si/c1-6-13-23(27-19-26-5)22(25)18-28-29(24(2,3)4,20-14-9-7-10-15-20)21-16-11-8-12-17-21/h6-17,22-23,25H,18-19H2,1-5H3/b13-6+/t22-,23+/m1/s1. The number of hydrogen-bond donors (Lipinski definition) is 1. The topological polar surface area (TPSA) is 47.9 Å². The highest BCUT2D eigenvalue weighted by Gasteiger charge is 2.50. The Morgan fingerprint density at radius 2 is 1.48 bits per heavy atom. The summed E-state index contributed by atoms with van der Waals surface area (Å²) in [6.07, 6.45) is 2.41. The van der Waals surface area contributed by atoms with Crippen LogP contribution in [0.25, 0.3) is 0 Å². The second kappa shape index (κ2) is 10.9. The zero-order valence-corrected chi connectivity index (χ0v) is 19.2. The van der Waals surface area contributed by atoms with Gasteiger partial charge >= 0.3 is 0 Å². The SMILES string of the molecule is C/C=C/[C@H](OCOC)[C@H](O)CO[Si](c1ccccc1)(c1ccccc1)C(C)(C)C. The molecule has 0 radical (unpaired) electrons. The van der Waals surface area contributed by atoms with Crippen LogP contribution in [0, 0.1) is 0 Å². The molecule has 2 aromatic rings. The van der Waals surface area contributed by atoms with Crippen molar-refractivity contribution in [1.29, 1.82) is 0 Å². The summed E-state index contributed by atoms with van der Waals surface area (Å²) in [6, 6.07) is 20.8. The highest BCUT2D eigenvalue weighted by Crippen LogP contribution is 2.36. The lowest BCUT2D eigenvalue weighted by atomic mass is 10.2. The minimum absolute atomic E-state index is 0.116. The van der Waals surface area contributed by atoms with Crippen molar-refractivity contribution in [2.24, 2.45) is 0 Å². The number of aliphatic hydroxyl groups is 1. The first-order chi connectivity index (χ1) is 13.9. The molecule has 0 fully saturated rings. The lowest BCUT2D eigenvalue weighted by Gasteiger charge is -2.43. The number of allylic oxidation sites excluding steroid dienone is 1. The summed E-state index contributed by atoms with van der Waals surface area (Å²) in [6.45, 7) is 8.85. The third-order valence-electron chi connectivity index (χ3n) is 5.03. The Morgan fingerprint density at radius 1 is 0.966 bits per heavy atom. The second-order valence-corrected chi connectivity index (χ2v) is 12.4. The van der Waals surface area contributed by atoms with Gasteiger partial charge in [0.25, 0.3) is 8.32 Å². The van der Waals surface area contributed by atoms with Gasteiger partial charge in [-0.25, -0.2) is 0 Å². The molecule has 0 saturated carbocycles. The maximum atomic E-state index is 10.9. The monoisotopic (exact) mass is 414 g/mol. The first kappa shape index (κ1) is 23.5. The van der Waals surface area contributed by atoms with Gasteiger partial charge in [-0.2, -0.15) is 0 Å². The van der Waals surface area contributed by atoms with E-state index in [1.165, 1.54) is 10.4 Å². The third kappa shape index (κ3) is 5.65. The fourth-order valence-electron chi connectivity index (χ4n) is 3.70. The zero-order chi connectivity index (χ0) is 21.3. The molecule has 0 aliphatic rings. The summed E-state index contributed by atoms with van der Waals surface area (Å²) in [5.41, 5.74) is 0. The van der Waals surface area contributed by atoms with Crippen LogP contribution in [0.1, 0.15) is 27.7 Å². The van der Waals surface area contributed by atoms with Crippen molar-refractivity contribution in [3.05, 3.63) is 72.8 Å². The molecular formula is C24H34O4Si. The van der Waals surface area contributed by atoms with Gasteiger partial charge in [0.1, 0.15) is 19.0 Å². The van der Waals surface area contributed by atoms with E-state index in [2.05, 4.69) is 69.3 Å². The number of methoxy groups -OCH3 is 1. The van der Waals surface area contributed by atoms with E-state index in [9.17, 15) is 5.11 Å². The molecule has 0 saturated heterocycles. The van der Waals surface area contributed by atoms with Crippen LogP contribution in [0.2, 0.25) is 5.04 Å². The fraction of sp³-hybridized carbons (Fsp3) is 0.417. The molecule has 0 bridgehead atoms. The molecule has 158 valence electrons. The maximum absolute atomic E-state index is 10.9. The average molecular weight is 415 g/mol. The fourth-order valence-corrected chi connectivity index (χ4v) is 8.27. The molecule has 1 N–H and O–H groups in total. The number of hydrogen-bond acceptors (Lipinski definition) is 4.